The predicted molar refractivity (Wildman–Crippen MR) is 107 cm³/mol. The zero-order valence-corrected chi connectivity index (χ0v) is 16.4. The fraction of sp³-hybridized carbons (Fsp3) is 0.211. The van der Waals surface area contributed by atoms with Crippen LogP contribution in [0.5, 0.6) is 0 Å². The SMILES string of the molecule is CCc1cccc(NC(=O)COC(=O)CNC(=O)c2ccccc2I)c1. The zero-order chi connectivity index (χ0) is 18.9. The molecule has 0 fully saturated rings. The molecule has 0 radical (unpaired) electrons. The number of halogens is 1. The highest BCUT2D eigenvalue weighted by Crippen LogP contribution is 2.11. The lowest BCUT2D eigenvalue weighted by Crippen LogP contribution is -2.32. The molecule has 0 atom stereocenters. The first kappa shape index (κ1) is 19.9. The van der Waals surface area contributed by atoms with Crippen molar-refractivity contribution in [3.05, 3.63) is 63.2 Å². The van der Waals surface area contributed by atoms with Crippen molar-refractivity contribution >= 4 is 46.1 Å². The maximum atomic E-state index is 12.0. The maximum Gasteiger partial charge on any atom is 0.325 e. The summed E-state index contributed by atoms with van der Waals surface area (Å²) < 4.78 is 5.66. The van der Waals surface area contributed by atoms with Gasteiger partial charge in [-0.25, -0.2) is 0 Å². The number of hydrogen-bond acceptors (Lipinski definition) is 4. The van der Waals surface area contributed by atoms with Gasteiger partial charge in [-0.3, -0.25) is 14.4 Å². The van der Waals surface area contributed by atoms with Crippen LogP contribution in [0.25, 0.3) is 0 Å². The van der Waals surface area contributed by atoms with E-state index in [-0.39, 0.29) is 12.5 Å². The summed E-state index contributed by atoms with van der Waals surface area (Å²) in [6.45, 7) is 1.31. The quantitative estimate of drug-likeness (QED) is 0.486. The van der Waals surface area contributed by atoms with Crippen molar-refractivity contribution in [3.63, 3.8) is 0 Å². The number of benzene rings is 2. The Hall–Kier alpha value is -2.42. The number of anilines is 1. The Morgan fingerprint density at radius 3 is 2.58 bits per heavy atom. The number of esters is 1. The number of hydrogen-bond donors (Lipinski definition) is 2. The topological polar surface area (TPSA) is 84.5 Å². The van der Waals surface area contributed by atoms with E-state index < -0.39 is 18.5 Å². The molecule has 2 aromatic carbocycles. The van der Waals surface area contributed by atoms with E-state index in [1.807, 2.05) is 53.8 Å². The standard InChI is InChI=1S/C19H19IN2O4/c1-2-13-6-5-7-14(10-13)22-17(23)12-26-18(24)11-21-19(25)15-8-3-4-9-16(15)20/h3-10H,2,11-12H2,1H3,(H,21,25)(H,22,23). The van der Waals surface area contributed by atoms with Crippen molar-refractivity contribution in [3.8, 4) is 0 Å². The maximum absolute atomic E-state index is 12.0. The van der Waals surface area contributed by atoms with Gasteiger partial charge in [0.05, 0.1) is 5.56 Å². The van der Waals surface area contributed by atoms with Gasteiger partial charge >= 0.3 is 5.97 Å². The molecule has 0 spiro atoms. The minimum atomic E-state index is -0.679. The molecule has 7 heteroatoms. The number of nitrogens with one attached hydrogen (secondary N) is 2. The van der Waals surface area contributed by atoms with Gasteiger partial charge in [0.25, 0.3) is 11.8 Å². The van der Waals surface area contributed by atoms with Crippen LogP contribution in [0.15, 0.2) is 48.5 Å². The second-order valence-corrected chi connectivity index (χ2v) is 6.59. The Balaban J connectivity index is 1.75. The summed E-state index contributed by atoms with van der Waals surface area (Å²) in [6, 6.07) is 14.5. The molecule has 6 nitrogen and oxygen atoms in total. The average Bonchev–Trinajstić information content (AvgIpc) is 2.65. The smallest absolute Gasteiger partial charge is 0.325 e. The highest BCUT2D eigenvalue weighted by Gasteiger charge is 2.12. The van der Waals surface area contributed by atoms with Crippen molar-refractivity contribution in [1.29, 1.82) is 0 Å². The summed E-state index contributed by atoms with van der Waals surface area (Å²) in [5.41, 5.74) is 2.23. The van der Waals surface area contributed by atoms with Crippen LogP contribution in [0.2, 0.25) is 0 Å². The van der Waals surface area contributed by atoms with Gasteiger partial charge in [-0.1, -0.05) is 31.2 Å². The third-order valence-electron chi connectivity index (χ3n) is 3.50. The molecular weight excluding hydrogens is 447 g/mol. The Kier molecular flexibility index (Phi) is 7.58. The summed E-state index contributed by atoms with van der Waals surface area (Å²) >= 11 is 2.04. The van der Waals surface area contributed by atoms with Crippen molar-refractivity contribution in [2.75, 3.05) is 18.5 Å². The lowest BCUT2D eigenvalue weighted by atomic mass is 10.1. The lowest BCUT2D eigenvalue weighted by molar-refractivity contribution is -0.146. The normalized spacial score (nSPS) is 10.1. The molecule has 0 aliphatic carbocycles. The van der Waals surface area contributed by atoms with E-state index in [2.05, 4.69) is 10.6 Å². The molecule has 0 aromatic heterocycles. The summed E-state index contributed by atoms with van der Waals surface area (Å²) in [7, 11) is 0. The molecule has 2 rings (SSSR count). The fourth-order valence-electron chi connectivity index (χ4n) is 2.16. The van der Waals surface area contributed by atoms with Crippen LogP contribution in [0.4, 0.5) is 5.69 Å². The second-order valence-electron chi connectivity index (χ2n) is 5.43. The van der Waals surface area contributed by atoms with Gasteiger partial charge < -0.3 is 15.4 Å². The molecule has 2 N–H and O–H groups in total. The Morgan fingerprint density at radius 1 is 1.08 bits per heavy atom. The van der Waals surface area contributed by atoms with Gasteiger partial charge in [0.2, 0.25) is 0 Å². The first-order valence-corrected chi connectivity index (χ1v) is 9.14. The van der Waals surface area contributed by atoms with Gasteiger partial charge in [0.15, 0.2) is 6.61 Å². The van der Waals surface area contributed by atoms with Crippen LogP contribution in [-0.2, 0) is 20.7 Å². The Bertz CT molecular complexity index is 808. The molecule has 136 valence electrons. The van der Waals surface area contributed by atoms with Gasteiger partial charge in [0, 0.05) is 9.26 Å². The molecule has 0 saturated carbocycles. The van der Waals surface area contributed by atoms with Gasteiger partial charge in [-0.2, -0.15) is 0 Å². The van der Waals surface area contributed by atoms with Gasteiger partial charge in [0.1, 0.15) is 6.54 Å². The highest BCUT2D eigenvalue weighted by molar-refractivity contribution is 14.1. The van der Waals surface area contributed by atoms with E-state index in [1.54, 1.807) is 24.3 Å². The average molecular weight is 466 g/mol. The third kappa shape index (κ3) is 6.14. The van der Waals surface area contributed by atoms with Crippen molar-refractivity contribution in [2.24, 2.45) is 0 Å². The number of rotatable bonds is 7. The summed E-state index contributed by atoms with van der Waals surface area (Å²) in [4.78, 5) is 35.6. The van der Waals surface area contributed by atoms with Gasteiger partial charge in [-0.15, -0.1) is 0 Å². The van der Waals surface area contributed by atoms with Crippen LogP contribution in [0, 0.1) is 3.57 Å². The van der Waals surface area contributed by atoms with Crippen molar-refractivity contribution in [2.45, 2.75) is 13.3 Å². The molecular formula is C19H19IN2O4. The Labute approximate surface area is 165 Å². The molecule has 0 bridgehead atoms. The second kappa shape index (κ2) is 9.91. The van der Waals surface area contributed by atoms with Crippen LogP contribution >= 0.6 is 22.6 Å². The predicted octanol–water partition coefficient (Wildman–Crippen LogP) is 2.77. The van der Waals surface area contributed by atoms with E-state index in [0.29, 0.717) is 11.3 Å². The number of aryl methyl sites for hydroxylation is 1. The minimum absolute atomic E-state index is 0.303. The van der Waals surface area contributed by atoms with E-state index in [0.717, 1.165) is 15.6 Å². The number of amides is 2. The van der Waals surface area contributed by atoms with Crippen LogP contribution in [0.1, 0.15) is 22.8 Å². The lowest BCUT2D eigenvalue weighted by Gasteiger charge is -2.09. The molecule has 0 heterocycles. The first-order valence-electron chi connectivity index (χ1n) is 8.06. The van der Waals surface area contributed by atoms with Crippen LogP contribution in [0.3, 0.4) is 0 Å². The minimum Gasteiger partial charge on any atom is -0.454 e. The monoisotopic (exact) mass is 466 g/mol. The van der Waals surface area contributed by atoms with E-state index in [1.165, 1.54) is 0 Å². The third-order valence-corrected chi connectivity index (χ3v) is 4.44. The van der Waals surface area contributed by atoms with Crippen molar-refractivity contribution < 1.29 is 19.1 Å². The first-order chi connectivity index (χ1) is 12.5. The van der Waals surface area contributed by atoms with E-state index >= 15 is 0 Å². The molecule has 2 amide bonds. The van der Waals surface area contributed by atoms with Crippen LogP contribution < -0.4 is 10.6 Å². The fourth-order valence-corrected chi connectivity index (χ4v) is 2.79. The van der Waals surface area contributed by atoms with Crippen molar-refractivity contribution in [1.82, 2.24) is 5.32 Å². The highest BCUT2D eigenvalue weighted by atomic mass is 127. The van der Waals surface area contributed by atoms with E-state index in [4.69, 9.17) is 4.74 Å². The largest absolute Gasteiger partial charge is 0.454 e. The molecule has 26 heavy (non-hydrogen) atoms. The molecule has 0 saturated heterocycles. The summed E-state index contributed by atoms with van der Waals surface area (Å²) in [6.07, 6.45) is 0.860. The number of carbonyl (C=O) groups excluding carboxylic acids is 3. The summed E-state index contributed by atoms with van der Waals surface area (Å²) in [5, 5.41) is 5.14. The number of ether oxygens (including phenoxy) is 1. The molecule has 0 aliphatic rings. The van der Waals surface area contributed by atoms with Crippen LogP contribution in [-0.4, -0.2) is 30.9 Å². The molecule has 0 aliphatic heterocycles. The number of carbonyl (C=O) groups is 3. The summed E-state index contributed by atoms with van der Waals surface area (Å²) in [5.74, 6) is -1.48. The van der Waals surface area contributed by atoms with Gasteiger partial charge in [-0.05, 0) is 58.8 Å². The van der Waals surface area contributed by atoms with E-state index in [9.17, 15) is 14.4 Å². The Morgan fingerprint density at radius 2 is 1.85 bits per heavy atom. The molecule has 2 aromatic rings. The zero-order valence-electron chi connectivity index (χ0n) is 14.3. The molecule has 0 unspecified atom stereocenters.